The van der Waals surface area contributed by atoms with E-state index in [2.05, 4.69) is 4.74 Å². The predicted molar refractivity (Wildman–Crippen MR) is 163 cm³/mol. The van der Waals surface area contributed by atoms with E-state index in [1.165, 1.54) is 31.3 Å². The fourth-order valence-corrected chi connectivity index (χ4v) is 4.91. The third-order valence-corrected chi connectivity index (χ3v) is 7.52. The van der Waals surface area contributed by atoms with Gasteiger partial charge in [-0.15, -0.1) is 11.3 Å². The third-order valence-electron chi connectivity index (χ3n) is 6.47. The van der Waals surface area contributed by atoms with Crippen LogP contribution in [-0.2, 0) is 40.0 Å². The SMILES string of the molecule is COC(=O)CCN(CC(=O)OC)C(=O)[C@H]1CCCN1Cc1ccc(C(=O)Oc2ccc(C(=N)N)cc2F)s1.O=C(O)C(F)(F)F.O=C(O)C(F)(F)F. The molecule has 0 spiro atoms. The first-order valence-electron chi connectivity index (χ1n) is 14.2. The molecule has 1 saturated heterocycles. The predicted octanol–water partition coefficient (Wildman–Crippen LogP) is 3.19. The molecule has 0 aliphatic carbocycles. The number of halogens is 7. The Bertz CT molecular complexity index is 1590. The molecule has 288 valence electrons. The zero-order valence-corrected chi connectivity index (χ0v) is 27.8. The van der Waals surface area contributed by atoms with Gasteiger partial charge in [0.1, 0.15) is 17.3 Å². The maximum Gasteiger partial charge on any atom is 0.490 e. The number of benzene rings is 1. The number of nitrogens with zero attached hydrogens (tertiary/aromatic N) is 2. The number of carbonyl (C=O) groups is 6. The number of likely N-dealkylation sites (tertiary alicyclic amines) is 1. The Balaban J connectivity index is 0.000000812. The van der Waals surface area contributed by atoms with Gasteiger partial charge in [0.05, 0.1) is 26.7 Å². The Morgan fingerprint density at radius 1 is 0.962 bits per heavy atom. The quantitative estimate of drug-likeness (QED) is 0.0847. The fourth-order valence-electron chi connectivity index (χ4n) is 4.00. The molecule has 0 radical (unpaired) electrons. The number of nitrogen functional groups attached to an aromatic ring is 1. The number of carbonyl (C=O) groups excluding carboxylic acids is 4. The normalized spacial score (nSPS) is 14.1. The number of carboxylic acid groups (broad SMARTS) is 2. The van der Waals surface area contributed by atoms with Gasteiger partial charge in [-0.3, -0.25) is 24.7 Å². The van der Waals surface area contributed by atoms with Gasteiger partial charge in [0.2, 0.25) is 5.91 Å². The Labute approximate surface area is 293 Å². The number of amidine groups is 1. The minimum atomic E-state index is -5.08. The average molecular weight is 777 g/mol. The number of hydrogen-bond donors (Lipinski definition) is 4. The summed E-state index contributed by atoms with van der Waals surface area (Å²) in [6.45, 7) is 0.740. The lowest BCUT2D eigenvalue weighted by Crippen LogP contribution is -2.48. The molecule has 23 heteroatoms. The van der Waals surface area contributed by atoms with E-state index in [1.807, 2.05) is 4.90 Å². The van der Waals surface area contributed by atoms with Gasteiger partial charge in [-0.1, -0.05) is 0 Å². The molecule has 1 aromatic heterocycles. The van der Waals surface area contributed by atoms with E-state index < -0.39 is 54.1 Å². The van der Waals surface area contributed by atoms with Crippen LogP contribution < -0.4 is 10.5 Å². The zero-order chi connectivity index (χ0) is 40.0. The Kier molecular flexibility index (Phi) is 17.1. The highest BCUT2D eigenvalue weighted by Crippen LogP contribution is 2.27. The van der Waals surface area contributed by atoms with E-state index in [0.29, 0.717) is 19.5 Å². The smallest absolute Gasteiger partial charge is 0.475 e. The molecule has 1 aliphatic heterocycles. The number of ether oxygens (including phenoxy) is 3. The zero-order valence-electron chi connectivity index (χ0n) is 27.0. The first-order valence-corrected chi connectivity index (χ1v) is 15.0. The van der Waals surface area contributed by atoms with Crippen molar-refractivity contribution >= 4 is 52.9 Å². The molecule has 0 unspecified atom stereocenters. The molecule has 0 bridgehead atoms. The summed E-state index contributed by atoms with van der Waals surface area (Å²) in [5.74, 6) is -9.04. The highest BCUT2D eigenvalue weighted by Gasteiger charge is 2.39. The Morgan fingerprint density at radius 3 is 2.00 bits per heavy atom. The summed E-state index contributed by atoms with van der Waals surface area (Å²) in [5.41, 5.74) is 5.52. The maximum absolute atomic E-state index is 14.2. The van der Waals surface area contributed by atoms with Crippen LogP contribution in [0.4, 0.5) is 30.7 Å². The minimum Gasteiger partial charge on any atom is -0.475 e. The summed E-state index contributed by atoms with van der Waals surface area (Å²) in [5, 5.41) is 21.6. The van der Waals surface area contributed by atoms with Gasteiger partial charge in [-0.05, 0) is 49.7 Å². The Hall–Kier alpha value is -5.32. The number of carboxylic acids is 2. The monoisotopic (exact) mass is 776 g/mol. The molecule has 52 heavy (non-hydrogen) atoms. The Morgan fingerprint density at radius 2 is 1.52 bits per heavy atom. The van der Waals surface area contributed by atoms with E-state index in [4.69, 9.17) is 40.4 Å². The average Bonchev–Trinajstić information content (AvgIpc) is 3.73. The number of hydrogen-bond acceptors (Lipinski definition) is 12. The molecule has 2 aromatic rings. The summed E-state index contributed by atoms with van der Waals surface area (Å²) in [6.07, 6.45) is -8.89. The van der Waals surface area contributed by atoms with Gasteiger partial charge in [0.25, 0.3) is 0 Å². The van der Waals surface area contributed by atoms with Crippen LogP contribution in [0.1, 0.15) is 39.4 Å². The van der Waals surface area contributed by atoms with Crippen molar-refractivity contribution < 1.29 is 83.9 Å². The molecule has 15 nitrogen and oxygen atoms in total. The van der Waals surface area contributed by atoms with Crippen LogP contribution in [0.5, 0.6) is 5.75 Å². The molecule has 1 aromatic carbocycles. The van der Waals surface area contributed by atoms with Crippen LogP contribution in [0.25, 0.3) is 0 Å². The number of alkyl halides is 6. The molecule has 2 heterocycles. The van der Waals surface area contributed by atoms with Gasteiger partial charge in [-0.2, -0.15) is 26.3 Å². The molecule has 0 saturated carbocycles. The first kappa shape index (κ1) is 44.7. The summed E-state index contributed by atoms with van der Waals surface area (Å²) in [7, 11) is 2.47. The second-order valence-electron chi connectivity index (χ2n) is 10.1. The lowest BCUT2D eigenvalue weighted by Gasteiger charge is -2.29. The molecule has 1 fully saturated rings. The first-order chi connectivity index (χ1) is 24.0. The van der Waals surface area contributed by atoms with Gasteiger partial charge < -0.3 is 35.1 Å². The number of thiophene rings is 1. The number of methoxy groups -OCH3 is 2. The van der Waals surface area contributed by atoms with Crippen molar-refractivity contribution in [3.63, 3.8) is 0 Å². The van der Waals surface area contributed by atoms with Crippen molar-refractivity contribution in [1.29, 1.82) is 5.41 Å². The number of amides is 1. The number of esters is 3. The van der Waals surface area contributed by atoms with E-state index in [1.54, 1.807) is 12.1 Å². The summed E-state index contributed by atoms with van der Waals surface area (Å²) >= 11 is 1.16. The van der Waals surface area contributed by atoms with Crippen LogP contribution in [0.2, 0.25) is 0 Å². The van der Waals surface area contributed by atoms with Gasteiger partial charge in [0.15, 0.2) is 11.6 Å². The van der Waals surface area contributed by atoms with Crippen LogP contribution >= 0.6 is 11.3 Å². The molecule has 1 amide bonds. The number of aliphatic carboxylic acids is 2. The van der Waals surface area contributed by atoms with Gasteiger partial charge in [-0.25, -0.2) is 18.8 Å². The van der Waals surface area contributed by atoms with Crippen molar-refractivity contribution in [2.24, 2.45) is 5.73 Å². The fraction of sp³-hybridized carbons (Fsp3) is 0.414. The van der Waals surface area contributed by atoms with Crippen molar-refractivity contribution in [2.45, 2.75) is 44.2 Å². The van der Waals surface area contributed by atoms with Crippen molar-refractivity contribution in [1.82, 2.24) is 9.80 Å². The van der Waals surface area contributed by atoms with E-state index >= 15 is 0 Å². The molecule has 5 N–H and O–H groups in total. The summed E-state index contributed by atoms with van der Waals surface area (Å²) < 4.78 is 92.2. The molecule has 1 atom stereocenters. The van der Waals surface area contributed by atoms with Crippen LogP contribution in [-0.4, -0.2) is 114 Å². The molecule has 3 rings (SSSR count). The van der Waals surface area contributed by atoms with E-state index in [0.717, 1.165) is 28.7 Å². The van der Waals surface area contributed by atoms with Crippen molar-refractivity contribution in [3.8, 4) is 5.75 Å². The van der Waals surface area contributed by atoms with Crippen LogP contribution in [0.15, 0.2) is 30.3 Å². The highest BCUT2D eigenvalue weighted by atomic mass is 32.1. The molecule has 1 aliphatic rings. The summed E-state index contributed by atoms with van der Waals surface area (Å²) in [4.78, 5) is 71.4. The summed E-state index contributed by atoms with van der Waals surface area (Å²) in [6, 6.07) is 6.43. The number of nitrogens with two attached hydrogens (primary N) is 1. The second-order valence-corrected chi connectivity index (χ2v) is 11.3. The highest BCUT2D eigenvalue weighted by molar-refractivity contribution is 7.13. The van der Waals surface area contributed by atoms with Crippen molar-refractivity contribution in [2.75, 3.05) is 33.9 Å². The molecular weight excluding hydrogens is 745 g/mol. The number of nitrogens with one attached hydrogen (secondary N) is 1. The van der Waals surface area contributed by atoms with Gasteiger partial charge >= 0.3 is 42.2 Å². The van der Waals surface area contributed by atoms with E-state index in [9.17, 15) is 49.9 Å². The number of rotatable bonds is 11. The second kappa shape index (κ2) is 19.9. The van der Waals surface area contributed by atoms with Crippen LogP contribution in [0, 0.1) is 11.2 Å². The maximum atomic E-state index is 14.2. The minimum absolute atomic E-state index is 0.0178. The van der Waals surface area contributed by atoms with E-state index in [-0.39, 0.29) is 47.4 Å². The van der Waals surface area contributed by atoms with Crippen molar-refractivity contribution in [3.05, 3.63) is 51.5 Å². The van der Waals surface area contributed by atoms with Gasteiger partial charge in [0, 0.05) is 23.5 Å². The third kappa shape index (κ3) is 14.9. The van der Waals surface area contributed by atoms with Crippen LogP contribution in [0.3, 0.4) is 0 Å². The standard InChI is InChI=1S/C25H29FN4O7S.2C2HF3O2/c1-35-21(31)9-11-30(14-22(32)36-2)24(33)18-4-3-10-29(18)13-16-6-8-20(38-16)25(34)37-19-7-5-15(23(27)28)12-17(19)26;2*3-2(4,5)1(6)7/h5-8,12,18H,3-4,9-11,13-14H2,1-2H3,(H3,27,28);2*(H,6,7)/t18-;;/m1../s1. The largest absolute Gasteiger partial charge is 0.490 e. The lowest BCUT2D eigenvalue weighted by atomic mass is 10.1. The lowest BCUT2D eigenvalue weighted by molar-refractivity contribution is -0.193. The topological polar surface area (TPSA) is 227 Å². The molecular formula is C29H31F7N4O11S.